The summed E-state index contributed by atoms with van der Waals surface area (Å²) in [7, 11) is 1.98. The summed E-state index contributed by atoms with van der Waals surface area (Å²) in [6, 6.07) is 0. The summed E-state index contributed by atoms with van der Waals surface area (Å²) in [4.78, 5) is 2.42. The molecule has 2 N–H and O–H groups in total. The molecule has 5 heteroatoms. The molecule has 0 aliphatic carbocycles. The molecule has 0 amide bonds. The predicted octanol–water partition coefficient (Wildman–Crippen LogP) is 1.57. The van der Waals surface area contributed by atoms with Gasteiger partial charge in [-0.1, -0.05) is 19.1 Å². The van der Waals surface area contributed by atoms with Crippen molar-refractivity contribution >= 4 is 23.0 Å². The van der Waals surface area contributed by atoms with E-state index in [1.165, 1.54) is 0 Å². The van der Waals surface area contributed by atoms with Crippen molar-refractivity contribution in [3.63, 3.8) is 0 Å². The molecule has 1 aromatic heterocycles. The molecule has 0 spiro atoms. The van der Waals surface area contributed by atoms with Crippen LogP contribution in [-0.4, -0.2) is 28.8 Å². The Kier molecular flexibility index (Phi) is 4.18. The van der Waals surface area contributed by atoms with Crippen LogP contribution in [0.4, 0.5) is 5.82 Å². The number of thiocarbonyl (C=S) groups is 1. The van der Waals surface area contributed by atoms with Crippen molar-refractivity contribution in [1.29, 1.82) is 0 Å². The standard InChI is InChI=1S/C11H18N4S/c1-5-6-15(4)11-9(10(12)16)7(2)8(3)13-14-11/h5-6H2,1-4H3,(H2,12,16). The monoisotopic (exact) mass is 238 g/mol. The maximum Gasteiger partial charge on any atom is 0.161 e. The second kappa shape index (κ2) is 5.21. The first-order valence-electron chi connectivity index (χ1n) is 5.33. The fourth-order valence-electron chi connectivity index (χ4n) is 1.60. The van der Waals surface area contributed by atoms with E-state index >= 15 is 0 Å². The van der Waals surface area contributed by atoms with Crippen molar-refractivity contribution in [2.75, 3.05) is 18.5 Å². The molecule has 88 valence electrons. The number of nitrogens with two attached hydrogens (primary N) is 1. The van der Waals surface area contributed by atoms with Gasteiger partial charge in [-0.05, 0) is 25.8 Å². The summed E-state index contributed by atoms with van der Waals surface area (Å²) < 4.78 is 0. The Hall–Kier alpha value is -1.23. The molecule has 0 aliphatic rings. The molecular weight excluding hydrogens is 220 g/mol. The summed E-state index contributed by atoms with van der Waals surface area (Å²) in [5.41, 5.74) is 8.49. The molecule has 0 fully saturated rings. The van der Waals surface area contributed by atoms with Crippen molar-refractivity contribution in [1.82, 2.24) is 10.2 Å². The molecule has 4 nitrogen and oxygen atoms in total. The van der Waals surface area contributed by atoms with Gasteiger partial charge in [0.05, 0.1) is 11.3 Å². The quantitative estimate of drug-likeness (QED) is 0.807. The van der Waals surface area contributed by atoms with Crippen LogP contribution in [0.5, 0.6) is 0 Å². The van der Waals surface area contributed by atoms with Crippen molar-refractivity contribution in [2.24, 2.45) is 5.73 Å². The smallest absolute Gasteiger partial charge is 0.161 e. The van der Waals surface area contributed by atoms with Gasteiger partial charge in [0.25, 0.3) is 0 Å². The van der Waals surface area contributed by atoms with Gasteiger partial charge in [0.15, 0.2) is 5.82 Å². The van der Waals surface area contributed by atoms with Gasteiger partial charge >= 0.3 is 0 Å². The highest BCUT2D eigenvalue weighted by Gasteiger charge is 2.16. The molecule has 0 radical (unpaired) electrons. The number of anilines is 1. The Balaban J connectivity index is 3.28. The van der Waals surface area contributed by atoms with Crippen molar-refractivity contribution in [3.05, 3.63) is 16.8 Å². The first-order valence-corrected chi connectivity index (χ1v) is 5.74. The van der Waals surface area contributed by atoms with Gasteiger partial charge in [-0.15, -0.1) is 5.10 Å². The lowest BCUT2D eigenvalue weighted by Crippen LogP contribution is -2.25. The number of aromatic nitrogens is 2. The van der Waals surface area contributed by atoms with Crippen LogP contribution >= 0.6 is 12.2 Å². The SMILES string of the molecule is CCCN(C)c1nnc(C)c(C)c1C(N)=S. The van der Waals surface area contributed by atoms with E-state index < -0.39 is 0 Å². The summed E-state index contributed by atoms with van der Waals surface area (Å²) >= 11 is 5.08. The van der Waals surface area contributed by atoms with E-state index in [1.807, 2.05) is 25.8 Å². The van der Waals surface area contributed by atoms with Gasteiger partial charge in [0, 0.05) is 13.6 Å². The van der Waals surface area contributed by atoms with Gasteiger partial charge in [0.2, 0.25) is 0 Å². The zero-order chi connectivity index (χ0) is 12.3. The molecule has 0 aromatic carbocycles. The average molecular weight is 238 g/mol. The van der Waals surface area contributed by atoms with E-state index in [0.29, 0.717) is 4.99 Å². The Labute approximate surface area is 102 Å². The molecule has 1 aromatic rings. The zero-order valence-corrected chi connectivity index (χ0v) is 11.1. The third-order valence-corrected chi connectivity index (χ3v) is 2.81. The average Bonchev–Trinajstić information content (AvgIpc) is 2.21. The number of nitrogens with zero attached hydrogens (tertiary/aromatic N) is 3. The third-order valence-electron chi connectivity index (χ3n) is 2.60. The number of hydrogen-bond acceptors (Lipinski definition) is 4. The largest absolute Gasteiger partial charge is 0.389 e. The molecule has 0 bridgehead atoms. The highest BCUT2D eigenvalue weighted by Crippen LogP contribution is 2.21. The number of rotatable bonds is 4. The van der Waals surface area contributed by atoms with Crippen LogP contribution in [0, 0.1) is 13.8 Å². The minimum absolute atomic E-state index is 0.383. The highest BCUT2D eigenvalue weighted by atomic mass is 32.1. The van der Waals surface area contributed by atoms with Crippen LogP contribution in [0.25, 0.3) is 0 Å². The molecule has 1 heterocycles. The summed E-state index contributed by atoms with van der Waals surface area (Å²) in [5, 5.41) is 8.31. The zero-order valence-electron chi connectivity index (χ0n) is 10.2. The molecule has 0 aliphatic heterocycles. The Morgan fingerprint density at radius 2 is 2.00 bits per heavy atom. The third kappa shape index (κ3) is 2.47. The molecule has 0 saturated heterocycles. The molecular formula is C11H18N4S. The number of aryl methyl sites for hydroxylation is 1. The van der Waals surface area contributed by atoms with Gasteiger partial charge in [0.1, 0.15) is 4.99 Å². The molecule has 0 atom stereocenters. The maximum absolute atomic E-state index is 5.76. The van der Waals surface area contributed by atoms with Gasteiger partial charge < -0.3 is 10.6 Å². The first kappa shape index (κ1) is 12.8. The number of hydrogen-bond donors (Lipinski definition) is 1. The molecule has 16 heavy (non-hydrogen) atoms. The highest BCUT2D eigenvalue weighted by molar-refractivity contribution is 7.80. The fourth-order valence-corrected chi connectivity index (χ4v) is 1.84. The Morgan fingerprint density at radius 1 is 1.38 bits per heavy atom. The summed E-state index contributed by atoms with van der Waals surface area (Å²) in [6.45, 7) is 6.91. The normalized spacial score (nSPS) is 10.2. The van der Waals surface area contributed by atoms with E-state index in [0.717, 1.165) is 35.6 Å². The molecule has 1 rings (SSSR count). The Bertz CT molecular complexity index is 403. The minimum Gasteiger partial charge on any atom is -0.389 e. The lowest BCUT2D eigenvalue weighted by Gasteiger charge is -2.21. The van der Waals surface area contributed by atoms with Crippen LogP contribution < -0.4 is 10.6 Å². The lowest BCUT2D eigenvalue weighted by atomic mass is 10.1. The lowest BCUT2D eigenvalue weighted by molar-refractivity contribution is 0.812. The summed E-state index contributed by atoms with van der Waals surface area (Å²) in [5.74, 6) is 0.775. The van der Waals surface area contributed by atoms with E-state index in [-0.39, 0.29) is 0 Å². The molecule has 0 unspecified atom stereocenters. The maximum atomic E-state index is 5.76. The van der Waals surface area contributed by atoms with Crippen LogP contribution in [0.3, 0.4) is 0 Å². The van der Waals surface area contributed by atoms with Crippen LogP contribution in [-0.2, 0) is 0 Å². The Morgan fingerprint density at radius 3 is 2.50 bits per heavy atom. The first-order chi connectivity index (χ1) is 7.49. The van der Waals surface area contributed by atoms with E-state index in [1.54, 1.807) is 0 Å². The van der Waals surface area contributed by atoms with E-state index in [9.17, 15) is 0 Å². The van der Waals surface area contributed by atoms with Crippen LogP contribution in [0.15, 0.2) is 0 Å². The van der Waals surface area contributed by atoms with E-state index in [2.05, 4.69) is 17.1 Å². The van der Waals surface area contributed by atoms with Gasteiger partial charge in [-0.2, -0.15) is 5.10 Å². The second-order valence-electron chi connectivity index (χ2n) is 3.89. The van der Waals surface area contributed by atoms with Crippen molar-refractivity contribution in [3.8, 4) is 0 Å². The van der Waals surface area contributed by atoms with Crippen molar-refractivity contribution < 1.29 is 0 Å². The predicted molar refractivity (Wildman–Crippen MR) is 71.0 cm³/mol. The fraction of sp³-hybridized carbons (Fsp3) is 0.545. The summed E-state index contributed by atoms with van der Waals surface area (Å²) in [6.07, 6.45) is 1.04. The van der Waals surface area contributed by atoms with Crippen molar-refractivity contribution in [2.45, 2.75) is 27.2 Å². The van der Waals surface area contributed by atoms with Crippen LogP contribution in [0.2, 0.25) is 0 Å². The van der Waals surface area contributed by atoms with E-state index in [4.69, 9.17) is 18.0 Å². The topological polar surface area (TPSA) is 55.0 Å². The van der Waals surface area contributed by atoms with Crippen LogP contribution in [0.1, 0.15) is 30.2 Å². The van der Waals surface area contributed by atoms with Gasteiger partial charge in [-0.3, -0.25) is 0 Å². The van der Waals surface area contributed by atoms with Gasteiger partial charge in [-0.25, -0.2) is 0 Å². The molecule has 0 saturated carbocycles. The second-order valence-corrected chi connectivity index (χ2v) is 4.33. The minimum atomic E-state index is 0.383.